The van der Waals surface area contributed by atoms with Gasteiger partial charge in [-0.2, -0.15) is 0 Å². The molecule has 1 fully saturated rings. The van der Waals surface area contributed by atoms with Crippen LogP contribution in [0.1, 0.15) is 35.2 Å². The molecule has 2 aromatic heterocycles. The van der Waals surface area contributed by atoms with Gasteiger partial charge < -0.3 is 15.5 Å². The number of likely N-dealkylation sites (tertiary alicyclic amines) is 1. The largest absolute Gasteiger partial charge is 0.384 e. The Labute approximate surface area is 240 Å². The predicted octanol–water partition coefficient (Wildman–Crippen LogP) is 3.93. The highest BCUT2D eigenvalue weighted by atomic mass is 35.5. The van der Waals surface area contributed by atoms with Crippen LogP contribution < -0.4 is 20.3 Å². The second-order valence-electron chi connectivity index (χ2n) is 9.44. The molecule has 1 saturated heterocycles. The summed E-state index contributed by atoms with van der Waals surface area (Å²) in [7, 11) is -4.09. The van der Waals surface area contributed by atoms with Gasteiger partial charge in [0.1, 0.15) is 10.0 Å². The molecule has 0 aliphatic carbocycles. The second kappa shape index (κ2) is 11.9. The Balaban J connectivity index is 1.20. The van der Waals surface area contributed by atoms with Crippen molar-refractivity contribution in [2.75, 3.05) is 41.7 Å². The van der Waals surface area contributed by atoms with E-state index in [4.69, 9.17) is 11.6 Å². The smallest absolute Gasteiger partial charge is 0.333 e. The molecule has 2 aliphatic rings. The predicted molar refractivity (Wildman–Crippen MR) is 154 cm³/mol. The summed E-state index contributed by atoms with van der Waals surface area (Å²) in [5.41, 5.74) is 2.10. The zero-order valence-electron chi connectivity index (χ0n) is 21.4. The minimum Gasteiger partial charge on any atom is -0.384 e. The van der Waals surface area contributed by atoms with Crippen molar-refractivity contribution in [3.8, 4) is 0 Å². The molecular formula is C26H27ClN6O5S2. The van der Waals surface area contributed by atoms with E-state index in [-0.39, 0.29) is 26.5 Å². The van der Waals surface area contributed by atoms with Gasteiger partial charge in [0.2, 0.25) is 5.91 Å². The third-order valence-corrected chi connectivity index (χ3v) is 9.66. The second-order valence-corrected chi connectivity index (χ2v) is 13.1. The number of rotatable bonds is 8. The number of amides is 4. The molecule has 3 aromatic rings. The van der Waals surface area contributed by atoms with Crippen LogP contribution in [0.25, 0.3) is 0 Å². The van der Waals surface area contributed by atoms with E-state index in [1.54, 1.807) is 6.07 Å². The molecular weight excluding hydrogens is 576 g/mol. The number of sulfonamides is 1. The van der Waals surface area contributed by atoms with Crippen LogP contribution in [-0.4, -0.2) is 62.3 Å². The Bertz CT molecular complexity index is 1540. The number of halogens is 1. The van der Waals surface area contributed by atoms with Gasteiger partial charge in [0.25, 0.3) is 15.9 Å². The third-order valence-electron chi connectivity index (χ3n) is 6.61. The van der Waals surface area contributed by atoms with E-state index in [1.165, 1.54) is 49.7 Å². The number of nitrogens with zero attached hydrogens (tertiary/aromatic N) is 3. The van der Waals surface area contributed by atoms with Gasteiger partial charge in [0, 0.05) is 24.3 Å². The lowest BCUT2D eigenvalue weighted by atomic mass is 9.97. The quantitative estimate of drug-likeness (QED) is 0.329. The molecule has 210 valence electrons. The van der Waals surface area contributed by atoms with E-state index >= 15 is 0 Å². The Morgan fingerprint density at radius 3 is 2.50 bits per heavy atom. The van der Waals surface area contributed by atoms with E-state index in [0.717, 1.165) is 48.1 Å². The molecule has 5 rings (SSSR count). The molecule has 0 saturated carbocycles. The minimum absolute atomic E-state index is 0.0391. The highest BCUT2D eigenvalue weighted by Crippen LogP contribution is 2.28. The number of aromatic nitrogens is 1. The summed E-state index contributed by atoms with van der Waals surface area (Å²) in [6.45, 7) is 3.97. The summed E-state index contributed by atoms with van der Waals surface area (Å²) in [6, 6.07) is 9.91. The van der Waals surface area contributed by atoms with Crippen molar-refractivity contribution >= 4 is 68.0 Å². The molecule has 3 N–H and O–H groups in total. The monoisotopic (exact) mass is 602 g/mol. The number of anilines is 3. The zero-order valence-corrected chi connectivity index (χ0v) is 23.7. The number of carbonyl (C=O) groups excluding carboxylic acids is 3. The van der Waals surface area contributed by atoms with Gasteiger partial charge in [0.05, 0.1) is 22.6 Å². The number of hydrogen-bond donors (Lipinski definition) is 3. The number of fused-ring (bicyclic) bond motifs is 1. The van der Waals surface area contributed by atoms with Crippen molar-refractivity contribution in [3.05, 3.63) is 64.1 Å². The molecule has 0 bridgehead atoms. The summed E-state index contributed by atoms with van der Waals surface area (Å²) < 4.78 is 26.6. The van der Waals surface area contributed by atoms with Crippen molar-refractivity contribution in [1.29, 1.82) is 0 Å². The van der Waals surface area contributed by atoms with Gasteiger partial charge in [-0.05, 0) is 74.0 Å². The number of hydrogen-bond acceptors (Lipinski definition) is 9. The summed E-state index contributed by atoms with van der Waals surface area (Å²) in [4.78, 5) is 45.9. The molecule has 0 radical (unpaired) electrons. The number of pyridine rings is 1. The molecule has 0 spiro atoms. The SMILES string of the molecule is O=C(Nc1ccc(N2C(=O)Cc3cc(NCCN4CCCCC4)ccc3C2=O)nc1)NS(=O)(=O)c1ccc(Cl)s1. The number of imide groups is 1. The van der Waals surface area contributed by atoms with Crippen molar-refractivity contribution in [2.45, 2.75) is 29.9 Å². The maximum Gasteiger partial charge on any atom is 0.333 e. The maximum absolute atomic E-state index is 13.2. The average molecular weight is 603 g/mol. The Morgan fingerprint density at radius 1 is 1.02 bits per heavy atom. The van der Waals surface area contributed by atoms with Crippen LogP contribution in [0.15, 0.2) is 52.9 Å². The third kappa shape index (κ3) is 6.44. The number of nitrogens with one attached hydrogen (secondary N) is 3. The summed E-state index contributed by atoms with van der Waals surface area (Å²) in [5, 5.41) is 5.76. The van der Waals surface area contributed by atoms with Crippen molar-refractivity contribution in [2.24, 2.45) is 0 Å². The van der Waals surface area contributed by atoms with E-state index in [9.17, 15) is 22.8 Å². The van der Waals surface area contributed by atoms with Crippen molar-refractivity contribution in [1.82, 2.24) is 14.6 Å². The van der Waals surface area contributed by atoms with Crippen molar-refractivity contribution < 1.29 is 22.8 Å². The molecule has 0 atom stereocenters. The number of thiophene rings is 1. The standard InChI is InChI=1S/C26H27ClN6O5S2/c27-21-7-9-24(39-21)40(37,38)31-26(36)30-19-5-8-22(29-16-19)33-23(34)15-17-14-18(4-6-20(17)25(33)35)28-10-13-32-11-2-1-3-12-32/h4-9,14,16,28H,1-3,10-13,15H2,(H2,30,31,36). The Kier molecular flexibility index (Phi) is 8.35. The van der Waals surface area contributed by atoms with Crippen LogP contribution in [0.3, 0.4) is 0 Å². The van der Waals surface area contributed by atoms with Gasteiger partial charge in [-0.3, -0.25) is 9.59 Å². The van der Waals surface area contributed by atoms with Crippen LogP contribution in [-0.2, 0) is 21.2 Å². The molecule has 14 heteroatoms. The van der Waals surface area contributed by atoms with Crippen LogP contribution in [0.2, 0.25) is 4.34 Å². The van der Waals surface area contributed by atoms with Gasteiger partial charge in [-0.15, -0.1) is 11.3 Å². The van der Waals surface area contributed by atoms with Gasteiger partial charge in [0.15, 0.2) is 0 Å². The Morgan fingerprint density at radius 2 is 1.80 bits per heavy atom. The van der Waals surface area contributed by atoms with E-state index in [1.807, 2.05) is 16.9 Å². The van der Waals surface area contributed by atoms with Gasteiger partial charge >= 0.3 is 6.03 Å². The zero-order chi connectivity index (χ0) is 28.3. The molecule has 4 amide bonds. The first-order chi connectivity index (χ1) is 19.2. The lowest BCUT2D eigenvalue weighted by Gasteiger charge is -2.27. The normalized spacial score (nSPS) is 16.0. The molecule has 1 aromatic carbocycles. The maximum atomic E-state index is 13.2. The van der Waals surface area contributed by atoms with Crippen LogP contribution in [0.5, 0.6) is 0 Å². The fourth-order valence-electron chi connectivity index (χ4n) is 4.67. The first-order valence-electron chi connectivity index (χ1n) is 12.7. The number of benzene rings is 1. The minimum atomic E-state index is -4.09. The van der Waals surface area contributed by atoms with Crippen LogP contribution in [0, 0.1) is 0 Å². The first-order valence-corrected chi connectivity index (χ1v) is 15.4. The topological polar surface area (TPSA) is 141 Å². The van der Waals surface area contributed by atoms with E-state index in [2.05, 4.69) is 20.5 Å². The lowest BCUT2D eigenvalue weighted by Crippen LogP contribution is -2.43. The van der Waals surface area contributed by atoms with Crippen LogP contribution >= 0.6 is 22.9 Å². The van der Waals surface area contributed by atoms with Crippen molar-refractivity contribution in [3.63, 3.8) is 0 Å². The molecule has 2 aliphatic heterocycles. The fraction of sp³-hybridized carbons (Fsp3) is 0.308. The highest BCUT2D eigenvalue weighted by molar-refractivity contribution is 7.92. The summed E-state index contributed by atoms with van der Waals surface area (Å²) in [6.07, 6.45) is 5.03. The molecule has 4 heterocycles. The lowest BCUT2D eigenvalue weighted by molar-refractivity contribution is -0.117. The Hall–Kier alpha value is -3.52. The summed E-state index contributed by atoms with van der Waals surface area (Å²) in [5.74, 6) is -0.816. The number of carbonyl (C=O) groups is 3. The number of urea groups is 1. The van der Waals surface area contributed by atoms with Crippen LogP contribution in [0.4, 0.5) is 22.0 Å². The van der Waals surface area contributed by atoms with E-state index < -0.39 is 27.9 Å². The molecule has 0 unspecified atom stereocenters. The molecule has 11 nitrogen and oxygen atoms in total. The number of piperidine rings is 1. The summed E-state index contributed by atoms with van der Waals surface area (Å²) >= 11 is 6.58. The van der Waals surface area contributed by atoms with E-state index in [0.29, 0.717) is 11.1 Å². The average Bonchev–Trinajstić information content (AvgIpc) is 3.37. The van der Waals surface area contributed by atoms with Gasteiger partial charge in [-0.1, -0.05) is 18.0 Å². The first kappa shape index (κ1) is 28.0. The fourth-order valence-corrected chi connectivity index (χ4v) is 7.06. The van der Waals surface area contributed by atoms with Gasteiger partial charge in [-0.25, -0.2) is 27.8 Å². The molecule has 40 heavy (non-hydrogen) atoms. The highest BCUT2D eigenvalue weighted by Gasteiger charge is 2.33.